The molecule has 182 valence electrons. The van der Waals surface area contributed by atoms with Crippen molar-refractivity contribution in [1.29, 1.82) is 0 Å². The highest BCUT2D eigenvalue weighted by molar-refractivity contribution is 9.10. The van der Waals surface area contributed by atoms with Gasteiger partial charge < -0.3 is 19.3 Å². The number of ether oxygens (including phenoxy) is 3. The van der Waals surface area contributed by atoms with Crippen LogP contribution in [0.15, 0.2) is 61.9 Å². The van der Waals surface area contributed by atoms with Crippen molar-refractivity contribution < 1.29 is 24.1 Å². The number of aromatic hydroxyl groups is 1. The first-order valence-electron chi connectivity index (χ1n) is 10.7. The first kappa shape index (κ1) is 24.7. The summed E-state index contributed by atoms with van der Waals surface area (Å²) in [4.78, 5) is 31.8. The molecule has 1 aliphatic heterocycles. The Bertz CT molecular complexity index is 1520. The number of fused-ring (bicyclic) bond motifs is 1. The maximum Gasteiger partial charge on any atom is 0.338 e. The van der Waals surface area contributed by atoms with Gasteiger partial charge >= 0.3 is 5.97 Å². The maximum absolute atomic E-state index is 13.7. The van der Waals surface area contributed by atoms with E-state index in [1.807, 2.05) is 0 Å². The predicted octanol–water partition coefficient (Wildman–Crippen LogP) is 3.28. The molecule has 0 radical (unpaired) electrons. The van der Waals surface area contributed by atoms with E-state index in [1.54, 1.807) is 56.3 Å². The molecule has 1 atom stereocenters. The van der Waals surface area contributed by atoms with Crippen molar-refractivity contribution in [3.05, 3.63) is 83.0 Å². The molecule has 0 aliphatic carbocycles. The van der Waals surface area contributed by atoms with Crippen LogP contribution in [-0.4, -0.2) is 36.5 Å². The number of hydrogen-bond donors (Lipinski definition) is 1. The van der Waals surface area contributed by atoms with Crippen LogP contribution in [0.1, 0.15) is 31.0 Å². The lowest BCUT2D eigenvalue weighted by Gasteiger charge is -2.26. The lowest BCUT2D eigenvalue weighted by Crippen LogP contribution is -2.40. The summed E-state index contributed by atoms with van der Waals surface area (Å²) in [5, 5.41) is 9.82. The molecule has 1 aliphatic rings. The molecule has 10 heteroatoms. The van der Waals surface area contributed by atoms with Gasteiger partial charge in [0, 0.05) is 11.6 Å². The van der Waals surface area contributed by atoms with Gasteiger partial charge in [-0.05, 0) is 59.6 Å². The molecular formula is C25H23BrN2O6S. The minimum Gasteiger partial charge on any atom is -0.508 e. The Morgan fingerprint density at radius 2 is 1.97 bits per heavy atom. The minimum absolute atomic E-state index is 0.0951. The van der Waals surface area contributed by atoms with Crippen molar-refractivity contribution in [2.75, 3.05) is 20.8 Å². The van der Waals surface area contributed by atoms with E-state index in [4.69, 9.17) is 14.2 Å². The zero-order valence-electron chi connectivity index (χ0n) is 19.5. The van der Waals surface area contributed by atoms with Gasteiger partial charge in [-0.15, -0.1) is 0 Å². The maximum atomic E-state index is 13.7. The summed E-state index contributed by atoms with van der Waals surface area (Å²) in [6, 6.07) is 9.23. The van der Waals surface area contributed by atoms with Gasteiger partial charge in [0.15, 0.2) is 4.80 Å². The Morgan fingerprint density at radius 3 is 2.63 bits per heavy atom. The second-order valence-corrected chi connectivity index (χ2v) is 9.49. The molecule has 4 rings (SSSR count). The molecule has 0 saturated heterocycles. The summed E-state index contributed by atoms with van der Waals surface area (Å²) >= 11 is 4.70. The highest BCUT2D eigenvalue weighted by Gasteiger charge is 2.35. The van der Waals surface area contributed by atoms with Gasteiger partial charge in [0.1, 0.15) is 23.3 Å². The molecule has 0 unspecified atom stereocenters. The summed E-state index contributed by atoms with van der Waals surface area (Å²) in [7, 11) is 3.05. The fourth-order valence-electron chi connectivity index (χ4n) is 3.95. The number of aromatic nitrogens is 1. The number of carbonyl (C=O) groups is 1. The fourth-order valence-corrected chi connectivity index (χ4v) is 5.52. The van der Waals surface area contributed by atoms with Crippen molar-refractivity contribution in [2.45, 2.75) is 19.9 Å². The second-order valence-electron chi connectivity index (χ2n) is 7.63. The highest BCUT2D eigenvalue weighted by Crippen LogP contribution is 2.41. The van der Waals surface area contributed by atoms with Gasteiger partial charge in [0.2, 0.25) is 0 Å². The summed E-state index contributed by atoms with van der Waals surface area (Å²) in [5.41, 5.74) is 1.61. The van der Waals surface area contributed by atoms with Crippen LogP contribution in [0.5, 0.6) is 17.2 Å². The number of halogens is 1. The summed E-state index contributed by atoms with van der Waals surface area (Å²) < 4.78 is 18.9. The average Bonchev–Trinajstić information content (AvgIpc) is 3.12. The number of rotatable bonds is 6. The molecule has 0 amide bonds. The topological polar surface area (TPSA) is 99.4 Å². The number of methoxy groups -OCH3 is 2. The number of phenols is 1. The number of thiazole rings is 1. The normalized spacial score (nSPS) is 15.5. The smallest absolute Gasteiger partial charge is 0.338 e. The number of esters is 1. The van der Waals surface area contributed by atoms with Crippen molar-refractivity contribution in [3.63, 3.8) is 0 Å². The van der Waals surface area contributed by atoms with Crippen LogP contribution in [0.3, 0.4) is 0 Å². The Kier molecular flexibility index (Phi) is 7.13. The van der Waals surface area contributed by atoms with Crippen molar-refractivity contribution in [2.24, 2.45) is 4.99 Å². The summed E-state index contributed by atoms with van der Waals surface area (Å²) in [5.74, 6) is 0.516. The van der Waals surface area contributed by atoms with E-state index >= 15 is 0 Å². The fraction of sp³-hybridized carbons (Fsp3) is 0.240. The molecule has 0 bridgehead atoms. The number of hydrogen-bond acceptors (Lipinski definition) is 8. The first-order chi connectivity index (χ1) is 16.8. The Balaban J connectivity index is 2.03. The van der Waals surface area contributed by atoms with Gasteiger partial charge in [-0.25, -0.2) is 9.79 Å². The molecule has 8 nitrogen and oxygen atoms in total. The summed E-state index contributed by atoms with van der Waals surface area (Å²) in [6.07, 6.45) is 1.69. The van der Waals surface area contributed by atoms with Crippen LogP contribution in [0.2, 0.25) is 0 Å². The van der Waals surface area contributed by atoms with Crippen LogP contribution < -0.4 is 24.4 Å². The number of carbonyl (C=O) groups excluding carboxylic acids is 1. The first-order valence-corrected chi connectivity index (χ1v) is 12.3. The van der Waals surface area contributed by atoms with E-state index in [0.29, 0.717) is 42.1 Å². The van der Waals surface area contributed by atoms with E-state index in [9.17, 15) is 14.7 Å². The van der Waals surface area contributed by atoms with Gasteiger partial charge in [0.25, 0.3) is 5.56 Å². The van der Waals surface area contributed by atoms with E-state index in [2.05, 4.69) is 20.9 Å². The molecule has 0 saturated carbocycles. The highest BCUT2D eigenvalue weighted by atomic mass is 79.9. The predicted molar refractivity (Wildman–Crippen MR) is 136 cm³/mol. The van der Waals surface area contributed by atoms with Gasteiger partial charge in [-0.2, -0.15) is 0 Å². The van der Waals surface area contributed by atoms with Gasteiger partial charge in [-0.1, -0.05) is 23.5 Å². The number of nitrogens with zero attached hydrogens (tertiary/aromatic N) is 2. The third-order valence-corrected chi connectivity index (χ3v) is 7.09. The van der Waals surface area contributed by atoms with Crippen LogP contribution in [0.4, 0.5) is 0 Å². The molecule has 35 heavy (non-hydrogen) atoms. The second kappa shape index (κ2) is 10.1. The third-order valence-electron chi connectivity index (χ3n) is 5.48. The van der Waals surface area contributed by atoms with E-state index in [0.717, 1.165) is 0 Å². The Morgan fingerprint density at radius 1 is 1.23 bits per heavy atom. The third kappa shape index (κ3) is 4.63. The molecule has 2 aromatic carbocycles. The quantitative estimate of drug-likeness (QED) is 0.466. The van der Waals surface area contributed by atoms with Gasteiger partial charge in [0.05, 0.1) is 41.1 Å². The van der Waals surface area contributed by atoms with E-state index in [1.165, 1.54) is 30.1 Å². The lowest BCUT2D eigenvalue weighted by atomic mass is 9.95. The number of benzene rings is 2. The molecule has 0 fully saturated rings. The van der Waals surface area contributed by atoms with Crippen molar-refractivity contribution in [1.82, 2.24) is 4.57 Å². The molecule has 1 N–H and O–H groups in total. The zero-order valence-corrected chi connectivity index (χ0v) is 21.9. The van der Waals surface area contributed by atoms with Crippen molar-refractivity contribution in [3.8, 4) is 17.2 Å². The average molecular weight is 559 g/mol. The number of allylic oxidation sites excluding steroid dienone is 1. The molecular weight excluding hydrogens is 536 g/mol. The Labute approximate surface area is 213 Å². The lowest BCUT2D eigenvalue weighted by molar-refractivity contribution is -0.139. The van der Waals surface area contributed by atoms with Crippen LogP contribution in [0, 0.1) is 0 Å². The zero-order chi connectivity index (χ0) is 25.3. The Hall–Kier alpha value is -3.37. The molecule has 1 aromatic heterocycles. The van der Waals surface area contributed by atoms with Crippen LogP contribution in [-0.2, 0) is 9.53 Å². The van der Waals surface area contributed by atoms with E-state index in [-0.39, 0.29) is 23.5 Å². The van der Waals surface area contributed by atoms with Crippen LogP contribution in [0.25, 0.3) is 6.08 Å². The standard InChI is InChI=1S/C25H23BrN2O6S/c1-5-34-24(31)21-13(2)27-25-28(22(21)16-11-17(26)19(33-4)12-18(16)32-3)23(30)20(35-25)10-14-7-6-8-15(29)9-14/h6-12,22,29H,5H2,1-4H3/t22-/m0/s1. The largest absolute Gasteiger partial charge is 0.508 e. The SMILES string of the molecule is CCOC(=O)C1=C(C)N=c2sc(=Cc3cccc(O)c3)c(=O)n2[C@H]1c1cc(Br)c(OC)cc1OC. The minimum atomic E-state index is -0.839. The molecule has 3 aromatic rings. The molecule has 2 heterocycles. The van der Waals surface area contributed by atoms with E-state index < -0.39 is 12.0 Å². The molecule has 0 spiro atoms. The summed E-state index contributed by atoms with van der Waals surface area (Å²) in [6.45, 7) is 3.61. The number of phenolic OH excluding ortho intramolecular Hbond substituents is 1. The van der Waals surface area contributed by atoms with Gasteiger partial charge in [-0.3, -0.25) is 9.36 Å². The monoisotopic (exact) mass is 558 g/mol. The van der Waals surface area contributed by atoms with Crippen LogP contribution >= 0.6 is 27.3 Å². The van der Waals surface area contributed by atoms with Crippen molar-refractivity contribution >= 4 is 39.3 Å².